The predicted octanol–water partition coefficient (Wildman–Crippen LogP) is 6.19. The lowest BCUT2D eigenvalue weighted by Gasteiger charge is -2.19. The Kier molecular flexibility index (Phi) is 6.18. The zero-order valence-corrected chi connectivity index (χ0v) is 20.6. The lowest BCUT2D eigenvalue weighted by Crippen LogP contribution is -2.33. The minimum absolute atomic E-state index is 0.231. The zero-order chi connectivity index (χ0) is 25.4. The third kappa shape index (κ3) is 4.31. The minimum Gasteiger partial charge on any atom is -0.457 e. The highest BCUT2D eigenvalue weighted by Crippen LogP contribution is 2.40. The van der Waals surface area contributed by atoms with Crippen LogP contribution in [-0.2, 0) is 9.59 Å². The van der Waals surface area contributed by atoms with Crippen molar-refractivity contribution < 1.29 is 19.1 Å². The number of benzene rings is 3. The molecule has 1 heterocycles. The van der Waals surface area contributed by atoms with Crippen LogP contribution in [0.5, 0.6) is 11.5 Å². The van der Waals surface area contributed by atoms with Crippen LogP contribution in [0.4, 0.5) is 11.4 Å². The molecule has 1 N–H and O–H groups in total. The van der Waals surface area contributed by atoms with Gasteiger partial charge in [-0.25, -0.2) is 4.90 Å². The number of hydrogen-bond donors (Lipinski definition) is 1. The Morgan fingerprint density at radius 2 is 1.61 bits per heavy atom. The summed E-state index contributed by atoms with van der Waals surface area (Å²) in [4.78, 5) is 40.8. The Balaban J connectivity index is 1.34. The summed E-state index contributed by atoms with van der Waals surface area (Å²) in [6.45, 7) is 6.03. The van der Waals surface area contributed by atoms with Gasteiger partial charge in [-0.15, -0.1) is 0 Å². The van der Waals surface area contributed by atoms with Crippen molar-refractivity contribution in [3.8, 4) is 11.5 Å². The maximum atomic E-state index is 13.2. The monoisotopic (exact) mass is 480 g/mol. The second-order valence-corrected chi connectivity index (χ2v) is 9.51. The van der Waals surface area contributed by atoms with Gasteiger partial charge in [0, 0.05) is 5.69 Å². The summed E-state index contributed by atoms with van der Waals surface area (Å²) < 4.78 is 6.00. The van der Waals surface area contributed by atoms with E-state index in [9.17, 15) is 14.4 Å². The summed E-state index contributed by atoms with van der Waals surface area (Å²) in [6, 6.07) is 19.8. The lowest BCUT2D eigenvalue weighted by atomic mass is 9.82. The van der Waals surface area contributed by atoms with Gasteiger partial charge in [-0.3, -0.25) is 14.4 Å². The predicted molar refractivity (Wildman–Crippen MR) is 139 cm³/mol. The van der Waals surface area contributed by atoms with Crippen LogP contribution < -0.4 is 15.0 Å². The molecule has 3 aromatic carbocycles. The molecule has 1 saturated heterocycles. The fraction of sp³-hybridized carbons (Fsp3) is 0.233. The summed E-state index contributed by atoms with van der Waals surface area (Å²) in [5, 5.41) is 2.88. The molecule has 6 heteroatoms. The van der Waals surface area contributed by atoms with Crippen LogP contribution in [0.1, 0.15) is 41.3 Å². The number of allylic oxidation sites excluding steroid dienone is 2. The molecule has 0 bridgehead atoms. The highest BCUT2D eigenvalue weighted by molar-refractivity contribution is 6.25. The molecule has 3 amide bonds. The quantitative estimate of drug-likeness (QED) is 0.349. The van der Waals surface area contributed by atoms with Gasteiger partial charge in [-0.05, 0) is 87.2 Å². The van der Waals surface area contributed by atoms with Gasteiger partial charge in [-0.1, -0.05) is 35.9 Å². The van der Waals surface area contributed by atoms with Gasteiger partial charge in [0.2, 0.25) is 11.8 Å². The van der Waals surface area contributed by atoms with Crippen LogP contribution in [0.15, 0.2) is 78.4 Å². The SMILES string of the molecule is CC1=CC[C@H]2C(=O)N(c3ccccc3C(=O)Nc3ccc(Oc4cccc(C)c4C)cc3)C(=O)[C@@H]2C1. The summed E-state index contributed by atoms with van der Waals surface area (Å²) >= 11 is 0. The van der Waals surface area contributed by atoms with Crippen molar-refractivity contribution >= 4 is 29.1 Å². The smallest absolute Gasteiger partial charge is 0.257 e. The number of carbonyl (C=O) groups is 3. The van der Waals surface area contributed by atoms with E-state index in [0.29, 0.717) is 30.0 Å². The fourth-order valence-electron chi connectivity index (χ4n) is 4.90. The van der Waals surface area contributed by atoms with Gasteiger partial charge in [0.15, 0.2) is 0 Å². The summed E-state index contributed by atoms with van der Waals surface area (Å²) in [7, 11) is 0. The van der Waals surface area contributed by atoms with E-state index in [-0.39, 0.29) is 29.2 Å². The second kappa shape index (κ2) is 9.46. The van der Waals surface area contributed by atoms with E-state index in [1.165, 1.54) is 4.90 Å². The summed E-state index contributed by atoms with van der Waals surface area (Å²) in [5.41, 5.74) is 4.52. The molecule has 1 aliphatic carbocycles. The number of imide groups is 1. The largest absolute Gasteiger partial charge is 0.457 e. The molecule has 1 fully saturated rings. The molecule has 0 unspecified atom stereocenters. The Hall–Kier alpha value is -4.19. The Bertz CT molecular complexity index is 1390. The van der Waals surface area contributed by atoms with Crippen molar-refractivity contribution in [1.82, 2.24) is 0 Å². The number of fused-ring (bicyclic) bond motifs is 1. The first-order valence-corrected chi connectivity index (χ1v) is 12.1. The molecule has 0 aromatic heterocycles. The average Bonchev–Trinajstić information content (AvgIpc) is 3.12. The van der Waals surface area contributed by atoms with Crippen LogP contribution >= 0.6 is 0 Å². The summed E-state index contributed by atoms with van der Waals surface area (Å²) in [5.74, 6) is -0.134. The van der Waals surface area contributed by atoms with E-state index in [0.717, 1.165) is 22.4 Å². The normalized spacial score (nSPS) is 19.1. The van der Waals surface area contributed by atoms with Crippen LogP contribution in [-0.4, -0.2) is 17.7 Å². The first kappa shape index (κ1) is 23.5. The average molecular weight is 481 g/mol. The Labute approximate surface area is 210 Å². The number of nitrogens with zero attached hydrogens (tertiary/aromatic N) is 1. The van der Waals surface area contributed by atoms with E-state index in [4.69, 9.17) is 4.74 Å². The van der Waals surface area contributed by atoms with Gasteiger partial charge in [0.05, 0.1) is 23.1 Å². The third-order valence-corrected chi connectivity index (χ3v) is 7.11. The van der Waals surface area contributed by atoms with Crippen LogP contribution in [0.3, 0.4) is 0 Å². The first-order chi connectivity index (χ1) is 17.3. The number of anilines is 2. The van der Waals surface area contributed by atoms with E-state index < -0.39 is 5.91 Å². The number of nitrogens with one attached hydrogen (secondary N) is 1. The molecule has 2 atom stereocenters. The van der Waals surface area contributed by atoms with Gasteiger partial charge in [0.25, 0.3) is 5.91 Å². The third-order valence-electron chi connectivity index (χ3n) is 7.11. The zero-order valence-electron chi connectivity index (χ0n) is 20.6. The van der Waals surface area contributed by atoms with Crippen LogP contribution in [0.2, 0.25) is 0 Å². The minimum atomic E-state index is -0.390. The number of carbonyl (C=O) groups excluding carboxylic acids is 3. The van der Waals surface area contributed by atoms with Crippen molar-refractivity contribution in [3.05, 3.63) is 95.1 Å². The van der Waals surface area contributed by atoms with Crippen molar-refractivity contribution in [1.29, 1.82) is 0 Å². The van der Waals surface area contributed by atoms with Crippen LogP contribution in [0.25, 0.3) is 0 Å². The van der Waals surface area contributed by atoms with Crippen LogP contribution in [0, 0.1) is 25.7 Å². The molecule has 0 radical (unpaired) electrons. The number of hydrogen-bond acceptors (Lipinski definition) is 4. The van der Waals surface area contributed by atoms with Crippen molar-refractivity contribution in [3.63, 3.8) is 0 Å². The molecule has 3 aromatic rings. The number of aryl methyl sites for hydroxylation is 1. The number of ether oxygens (including phenoxy) is 1. The van der Waals surface area contributed by atoms with E-state index >= 15 is 0 Å². The topological polar surface area (TPSA) is 75.7 Å². The fourth-order valence-corrected chi connectivity index (χ4v) is 4.90. The maximum Gasteiger partial charge on any atom is 0.257 e. The van der Waals surface area contributed by atoms with E-state index in [1.54, 1.807) is 48.5 Å². The number of rotatable bonds is 5. The van der Waals surface area contributed by atoms with Gasteiger partial charge in [-0.2, -0.15) is 0 Å². The van der Waals surface area contributed by atoms with Gasteiger partial charge in [0.1, 0.15) is 11.5 Å². The molecule has 36 heavy (non-hydrogen) atoms. The van der Waals surface area contributed by atoms with E-state index in [1.807, 2.05) is 45.0 Å². The summed E-state index contributed by atoms with van der Waals surface area (Å²) in [6.07, 6.45) is 3.17. The maximum absolute atomic E-state index is 13.2. The molecule has 182 valence electrons. The second-order valence-electron chi connectivity index (χ2n) is 9.51. The number of para-hydroxylation sites is 1. The lowest BCUT2D eigenvalue weighted by molar-refractivity contribution is -0.122. The standard InChI is InChI=1S/C30H28N2O4/c1-18-11-16-23-25(17-18)30(35)32(29(23)34)26-9-5-4-8-24(26)28(33)31-21-12-14-22(15-13-21)36-27-10-6-7-19(2)20(27)3/h4-15,23,25H,16-17H2,1-3H3,(H,31,33)/t23-,25-/m1/s1. The van der Waals surface area contributed by atoms with Gasteiger partial charge >= 0.3 is 0 Å². The molecular weight excluding hydrogens is 452 g/mol. The Morgan fingerprint density at radius 1 is 0.889 bits per heavy atom. The molecular formula is C30H28N2O4. The Morgan fingerprint density at radius 3 is 2.39 bits per heavy atom. The highest BCUT2D eigenvalue weighted by atomic mass is 16.5. The van der Waals surface area contributed by atoms with Gasteiger partial charge < -0.3 is 10.1 Å². The first-order valence-electron chi connectivity index (χ1n) is 12.1. The number of amides is 3. The molecule has 6 nitrogen and oxygen atoms in total. The molecule has 0 spiro atoms. The van der Waals surface area contributed by atoms with Crippen molar-refractivity contribution in [2.45, 2.75) is 33.6 Å². The molecule has 2 aliphatic rings. The molecule has 5 rings (SSSR count). The molecule has 1 aliphatic heterocycles. The highest BCUT2D eigenvalue weighted by Gasteiger charge is 2.49. The van der Waals surface area contributed by atoms with E-state index in [2.05, 4.69) is 5.32 Å². The molecule has 0 saturated carbocycles. The van der Waals surface area contributed by atoms with Crippen molar-refractivity contribution in [2.24, 2.45) is 11.8 Å². The van der Waals surface area contributed by atoms with Crippen molar-refractivity contribution in [2.75, 3.05) is 10.2 Å².